The van der Waals surface area contributed by atoms with Gasteiger partial charge in [-0.2, -0.15) is 0 Å². The van der Waals surface area contributed by atoms with E-state index in [2.05, 4.69) is 52.3 Å². The first-order valence-corrected chi connectivity index (χ1v) is 12.2. The van der Waals surface area contributed by atoms with E-state index in [0.29, 0.717) is 19.6 Å². The van der Waals surface area contributed by atoms with Gasteiger partial charge in [0.2, 0.25) is 0 Å². The van der Waals surface area contributed by atoms with Crippen LogP contribution in [-0.2, 0) is 11.3 Å². The third-order valence-corrected chi connectivity index (χ3v) is 6.33. The van der Waals surface area contributed by atoms with Gasteiger partial charge in [-0.05, 0) is 96.8 Å². The second-order valence-corrected chi connectivity index (χ2v) is 10.0. The number of ether oxygens (including phenoxy) is 2. The smallest absolute Gasteiger partial charge is 0.410 e. The predicted octanol–water partition coefficient (Wildman–Crippen LogP) is 6.80. The molecule has 184 valence electrons. The molecule has 2 heterocycles. The Labute approximate surface area is 212 Å². The van der Waals surface area contributed by atoms with Gasteiger partial charge in [-0.15, -0.1) is 0 Å². The molecule has 3 aromatic carbocycles. The van der Waals surface area contributed by atoms with Crippen LogP contribution >= 0.6 is 0 Å². The number of rotatable bonds is 3. The number of methoxy groups -OCH3 is 1. The second-order valence-electron chi connectivity index (χ2n) is 10.0. The molecule has 4 aromatic rings. The van der Waals surface area contributed by atoms with Crippen LogP contribution in [0.25, 0.3) is 21.9 Å². The third-order valence-electron chi connectivity index (χ3n) is 6.33. The van der Waals surface area contributed by atoms with Crippen molar-refractivity contribution >= 4 is 28.2 Å². The summed E-state index contributed by atoms with van der Waals surface area (Å²) in [7, 11) is 1.68. The number of benzene rings is 3. The van der Waals surface area contributed by atoms with Gasteiger partial charge in [0, 0.05) is 36.9 Å². The van der Waals surface area contributed by atoms with E-state index in [4.69, 9.17) is 9.47 Å². The van der Waals surface area contributed by atoms with Crippen molar-refractivity contribution in [3.05, 3.63) is 84.7 Å². The van der Waals surface area contributed by atoms with Crippen molar-refractivity contribution in [1.29, 1.82) is 0 Å². The van der Waals surface area contributed by atoms with Crippen molar-refractivity contribution in [2.45, 2.75) is 32.9 Å². The first kappa shape index (κ1) is 23.7. The van der Waals surface area contributed by atoms with E-state index in [1.165, 1.54) is 0 Å². The van der Waals surface area contributed by atoms with Crippen molar-refractivity contribution in [3.63, 3.8) is 0 Å². The molecule has 1 aliphatic heterocycles. The fraction of sp³-hybridized carbons (Fsp3) is 0.267. The Bertz CT molecular complexity index is 1400. The van der Waals surface area contributed by atoms with Crippen molar-refractivity contribution in [3.8, 4) is 16.9 Å². The minimum absolute atomic E-state index is 0.296. The molecular weight excluding hydrogens is 450 g/mol. The van der Waals surface area contributed by atoms with Gasteiger partial charge in [-0.1, -0.05) is 18.2 Å². The molecule has 0 fully saturated rings. The zero-order valence-corrected chi connectivity index (χ0v) is 21.2. The highest BCUT2D eigenvalue weighted by Gasteiger charge is 2.28. The Morgan fingerprint density at radius 3 is 2.36 bits per heavy atom. The van der Waals surface area contributed by atoms with Crippen LogP contribution in [0.4, 0.5) is 16.2 Å². The highest BCUT2D eigenvalue weighted by Crippen LogP contribution is 2.36. The van der Waals surface area contributed by atoms with Crippen LogP contribution in [0.3, 0.4) is 0 Å². The van der Waals surface area contributed by atoms with Gasteiger partial charge < -0.3 is 19.3 Å². The Hall–Kier alpha value is -4.06. The third kappa shape index (κ3) is 4.98. The molecule has 36 heavy (non-hydrogen) atoms. The summed E-state index contributed by atoms with van der Waals surface area (Å²) in [5.41, 5.74) is 4.87. The molecule has 6 nitrogen and oxygen atoms in total. The summed E-state index contributed by atoms with van der Waals surface area (Å²) in [6.45, 7) is 7.37. The van der Waals surface area contributed by atoms with Gasteiger partial charge in [0.1, 0.15) is 11.4 Å². The van der Waals surface area contributed by atoms with Crippen molar-refractivity contribution < 1.29 is 14.3 Å². The number of hydrogen-bond donors (Lipinski definition) is 0. The number of fused-ring (bicyclic) bond motifs is 2. The fourth-order valence-electron chi connectivity index (χ4n) is 4.58. The largest absolute Gasteiger partial charge is 0.497 e. The molecule has 1 aromatic heterocycles. The van der Waals surface area contributed by atoms with E-state index in [-0.39, 0.29) is 6.09 Å². The highest BCUT2D eigenvalue weighted by molar-refractivity contribution is 5.88. The first-order chi connectivity index (χ1) is 17.3. The molecule has 0 aliphatic carbocycles. The lowest BCUT2D eigenvalue weighted by molar-refractivity contribution is 0.0244. The molecule has 6 heteroatoms. The van der Waals surface area contributed by atoms with E-state index in [0.717, 1.165) is 44.6 Å². The molecule has 0 saturated carbocycles. The Morgan fingerprint density at radius 1 is 0.861 bits per heavy atom. The normalized spacial score (nSPS) is 13.8. The predicted molar refractivity (Wildman–Crippen MR) is 144 cm³/mol. The zero-order chi connectivity index (χ0) is 25.3. The van der Waals surface area contributed by atoms with Crippen molar-refractivity contribution in [2.75, 3.05) is 25.1 Å². The van der Waals surface area contributed by atoms with E-state index >= 15 is 0 Å². The number of nitrogens with zero attached hydrogens (tertiary/aromatic N) is 3. The summed E-state index contributed by atoms with van der Waals surface area (Å²) >= 11 is 0. The maximum Gasteiger partial charge on any atom is 0.410 e. The van der Waals surface area contributed by atoms with Gasteiger partial charge in [-0.3, -0.25) is 4.98 Å². The molecule has 0 radical (unpaired) electrons. The molecule has 0 atom stereocenters. The van der Waals surface area contributed by atoms with E-state index in [9.17, 15) is 4.79 Å². The molecule has 0 unspecified atom stereocenters. The standard InChI is InChI=1S/C30H31N3O3/c1-30(2,3)36-29(34)32-15-16-33(26-8-5-24-19-27(35-4)9-6-23(24)18-26)28-10-7-22(17-25(28)20-32)21-11-13-31-14-12-21/h5-14,17-19H,15-16,20H2,1-4H3. The lowest BCUT2D eigenvalue weighted by atomic mass is 10.0. The number of amides is 1. The maximum absolute atomic E-state index is 13.1. The summed E-state index contributed by atoms with van der Waals surface area (Å²) in [6, 6.07) is 23.0. The summed E-state index contributed by atoms with van der Waals surface area (Å²) in [4.78, 5) is 21.3. The van der Waals surface area contributed by atoms with Crippen molar-refractivity contribution in [1.82, 2.24) is 9.88 Å². The Kier molecular flexibility index (Phi) is 6.27. The Balaban J connectivity index is 1.56. The lowest BCUT2D eigenvalue weighted by Gasteiger charge is -2.27. The molecule has 0 bridgehead atoms. The van der Waals surface area contributed by atoms with Crippen LogP contribution in [0, 0.1) is 0 Å². The van der Waals surface area contributed by atoms with Gasteiger partial charge in [0.25, 0.3) is 0 Å². The van der Waals surface area contributed by atoms with Gasteiger partial charge in [-0.25, -0.2) is 4.79 Å². The number of aromatic nitrogens is 1. The number of carbonyl (C=O) groups excluding carboxylic acids is 1. The van der Waals surface area contributed by atoms with Crippen LogP contribution in [0.2, 0.25) is 0 Å². The topological polar surface area (TPSA) is 54.9 Å². The van der Waals surface area contributed by atoms with Gasteiger partial charge >= 0.3 is 6.09 Å². The quantitative estimate of drug-likeness (QED) is 0.322. The molecule has 0 N–H and O–H groups in total. The van der Waals surface area contributed by atoms with E-state index in [1.807, 2.05) is 45.0 Å². The number of anilines is 2. The van der Waals surface area contributed by atoms with Crippen molar-refractivity contribution in [2.24, 2.45) is 0 Å². The Morgan fingerprint density at radius 2 is 1.61 bits per heavy atom. The second kappa shape index (κ2) is 9.53. The zero-order valence-electron chi connectivity index (χ0n) is 21.2. The summed E-state index contributed by atoms with van der Waals surface area (Å²) in [6.07, 6.45) is 3.30. The average molecular weight is 482 g/mol. The number of pyridine rings is 1. The van der Waals surface area contributed by atoms with Crippen LogP contribution in [0.5, 0.6) is 5.75 Å². The van der Waals surface area contributed by atoms with Crippen LogP contribution < -0.4 is 9.64 Å². The lowest BCUT2D eigenvalue weighted by Crippen LogP contribution is -2.38. The van der Waals surface area contributed by atoms with Crippen LogP contribution in [0.15, 0.2) is 79.1 Å². The highest BCUT2D eigenvalue weighted by atomic mass is 16.6. The fourth-order valence-corrected chi connectivity index (χ4v) is 4.58. The summed E-state index contributed by atoms with van der Waals surface area (Å²) < 4.78 is 11.1. The van der Waals surface area contributed by atoms with E-state index < -0.39 is 5.60 Å². The molecule has 1 aliphatic rings. The monoisotopic (exact) mass is 481 g/mol. The molecule has 0 spiro atoms. The average Bonchev–Trinajstić information content (AvgIpc) is 3.07. The first-order valence-electron chi connectivity index (χ1n) is 12.2. The number of hydrogen-bond acceptors (Lipinski definition) is 5. The summed E-state index contributed by atoms with van der Waals surface area (Å²) in [5, 5.41) is 2.26. The van der Waals surface area contributed by atoms with Gasteiger partial charge in [0.05, 0.1) is 13.7 Å². The van der Waals surface area contributed by atoms with E-state index in [1.54, 1.807) is 24.4 Å². The molecule has 1 amide bonds. The maximum atomic E-state index is 13.1. The summed E-state index contributed by atoms with van der Waals surface area (Å²) in [5.74, 6) is 0.840. The molecule has 5 rings (SSSR count). The van der Waals surface area contributed by atoms with Crippen LogP contribution in [0.1, 0.15) is 26.3 Å². The molecular formula is C30H31N3O3. The minimum Gasteiger partial charge on any atom is -0.497 e. The minimum atomic E-state index is -0.551. The van der Waals surface area contributed by atoms with Gasteiger partial charge in [0.15, 0.2) is 0 Å². The molecule has 0 saturated heterocycles. The number of carbonyl (C=O) groups is 1. The van der Waals surface area contributed by atoms with Crippen LogP contribution in [-0.4, -0.2) is 41.8 Å². The SMILES string of the molecule is COc1ccc2cc(N3CCN(C(=O)OC(C)(C)C)Cc4cc(-c5ccncc5)ccc43)ccc2c1.